The van der Waals surface area contributed by atoms with Gasteiger partial charge in [0.05, 0.1) is 18.9 Å². The highest BCUT2D eigenvalue weighted by Crippen LogP contribution is 2.28. The van der Waals surface area contributed by atoms with Gasteiger partial charge in [0.2, 0.25) is 0 Å². The number of aromatic nitrogens is 4. The number of nitrogens with zero attached hydrogens (tertiary/aromatic N) is 4. The first-order valence-electron chi connectivity index (χ1n) is 6.76. The molecule has 3 aromatic heterocycles. The zero-order chi connectivity index (χ0) is 14.9. The lowest BCUT2D eigenvalue weighted by molar-refractivity contribution is 0.416. The second-order valence-corrected chi connectivity index (χ2v) is 4.65. The Kier molecular flexibility index (Phi) is 2.86. The first-order chi connectivity index (χ1) is 10.9. The smallest absolute Gasteiger partial charge is 0.253 e. The normalized spacial score (nSPS) is 11.0. The van der Waals surface area contributed by atoms with E-state index in [1.54, 1.807) is 24.1 Å². The zero-order valence-electron chi connectivity index (χ0n) is 11.8. The first kappa shape index (κ1) is 12.6. The van der Waals surface area contributed by atoms with Crippen molar-refractivity contribution < 1.29 is 9.15 Å². The Bertz CT molecular complexity index is 928. The molecule has 6 heteroatoms. The molecule has 0 amide bonds. The van der Waals surface area contributed by atoms with Crippen LogP contribution in [0.2, 0.25) is 0 Å². The van der Waals surface area contributed by atoms with Gasteiger partial charge in [0.1, 0.15) is 11.4 Å². The van der Waals surface area contributed by atoms with Crippen LogP contribution in [0.5, 0.6) is 5.75 Å². The van der Waals surface area contributed by atoms with Crippen LogP contribution in [-0.2, 0) is 0 Å². The van der Waals surface area contributed by atoms with Gasteiger partial charge >= 0.3 is 0 Å². The SMILES string of the molecule is COc1ccccc1-c1nc2nccc(-c3ccco3)n2n1. The predicted molar refractivity (Wildman–Crippen MR) is 80.5 cm³/mol. The second-order valence-electron chi connectivity index (χ2n) is 4.65. The fourth-order valence-corrected chi connectivity index (χ4v) is 2.35. The molecule has 4 aromatic rings. The van der Waals surface area contributed by atoms with Gasteiger partial charge in [0.15, 0.2) is 11.6 Å². The summed E-state index contributed by atoms with van der Waals surface area (Å²) in [6, 6.07) is 13.2. The van der Waals surface area contributed by atoms with Gasteiger partial charge in [-0.1, -0.05) is 12.1 Å². The van der Waals surface area contributed by atoms with Crippen molar-refractivity contribution in [2.45, 2.75) is 0 Å². The summed E-state index contributed by atoms with van der Waals surface area (Å²) in [5, 5.41) is 4.55. The van der Waals surface area contributed by atoms with Crippen molar-refractivity contribution in [2.24, 2.45) is 0 Å². The highest BCUT2D eigenvalue weighted by Gasteiger charge is 2.15. The second kappa shape index (κ2) is 5.00. The van der Waals surface area contributed by atoms with Crippen LogP contribution in [0.3, 0.4) is 0 Å². The summed E-state index contributed by atoms with van der Waals surface area (Å²) in [5.41, 5.74) is 1.62. The topological polar surface area (TPSA) is 65.5 Å². The quantitative estimate of drug-likeness (QED) is 0.580. The van der Waals surface area contributed by atoms with Gasteiger partial charge in [0.25, 0.3) is 5.78 Å². The highest BCUT2D eigenvalue weighted by molar-refractivity contribution is 5.66. The van der Waals surface area contributed by atoms with Gasteiger partial charge in [0, 0.05) is 6.20 Å². The Hall–Kier alpha value is -3.15. The number of hydrogen-bond acceptors (Lipinski definition) is 5. The number of furan rings is 1. The van der Waals surface area contributed by atoms with E-state index < -0.39 is 0 Å². The van der Waals surface area contributed by atoms with Crippen LogP contribution in [0.1, 0.15) is 0 Å². The van der Waals surface area contributed by atoms with Crippen molar-refractivity contribution in [3.63, 3.8) is 0 Å². The fraction of sp³-hybridized carbons (Fsp3) is 0.0625. The van der Waals surface area contributed by atoms with Crippen LogP contribution in [-0.4, -0.2) is 26.7 Å². The maximum absolute atomic E-state index is 5.45. The molecule has 0 aliphatic heterocycles. The minimum Gasteiger partial charge on any atom is -0.496 e. The minimum atomic E-state index is 0.509. The molecule has 6 nitrogen and oxygen atoms in total. The Morgan fingerprint density at radius 3 is 2.82 bits per heavy atom. The number of hydrogen-bond donors (Lipinski definition) is 0. The summed E-state index contributed by atoms with van der Waals surface area (Å²) in [5.74, 6) is 2.50. The molecule has 0 saturated carbocycles. The lowest BCUT2D eigenvalue weighted by Crippen LogP contribution is -1.95. The van der Waals surface area contributed by atoms with E-state index >= 15 is 0 Å². The lowest BCUT2D eigenvalue weighted by atomic mass is 10.2. The Labute approximate surface area is 126 Å². The molecule has 0 aliphatic carbocycles. The number of benzene rings is 1. The van der Waals surface area contributed by atoms with Crippen molar-refractivity contribution >= 4 is 5.78 Å². The fourth-order valence-electron chi connectivity index (χ4n) is 2.35. The summed E-state index contributed by atoms with van der Waals surface area (Å²) in [6.45, 7) is 0. The molecule has 22 heavy (non-hydrogen) atoms. The molecule has 3 heterocycles. The third kappa shape index (κ3) is 1.93. The molecule has 4 rings (SSSR count). The molecule has 0 spiro atoms. The molecule has 0 fully saturated rings. The van der Waals surface area contributed by atoms with Crippen LogP contribution in [0.25, 0.3) is 28.6 Å². The number of fused-ring (bicyclic) bond motifs is 1. The molecule has 0 saturated heterocycles. The van der Waals surface area contributed by atoms with Gasteiger partial charge in [-0.2, -0.15) is 9.50 Å². The summed E-state index contributed by atoms with van der Waals surface area (Å²) < 4.78 is 12.5. The summed E-state index contributed by atoms with van der Waals surface area (Å²) >= 11 is 0. The van der Waals surface area contributed by atoms with Crippen molar-refractivity contribution in [3.8, 4) is 28.6 Å². The molecule has 0 bridgehead atoms. The number of rotatable bonds is 3. The van der Waals surface area contributed by atoms with Crippen LogP contribution in [0.15, 0.2) is 59.3 Å². The van der Waals surface area contributed by atoms with Crippen molar-refractivity contribution in [1.29, 1.82) is 0 Å². The summed E-state index contributed by atoms with van der Waals surface area (Å²) in [6.07, 6.45) is 3.31. The van der Waals surface area contributed by atoms with Gasteiger partial charge in [-0.25, -0.2) is 4.98 Å². The van der Waals surface area contributed by atoms with E-state index in [0.717, 1.165) is 17.0 Å². The molecular weight excluding hydrogens is 280 g/mol. The largest absolute Gasteiger partial charge is 0.496 e. The highest BCUT2D eigenvalue weighted by atomic mass is 16.5. The van der Waals surface area contributed by atoms with Crippen molar-refractivity contribution in [1.82, 2.24) is 19.6 Å². The Balaban J connectivity index is 1.93. The molecule has 1 aromatic carbocycles. The molecule has 0 atom stereocenters. The predicted octanol–water partition coefficient (Wildman–Crippen LogP) is 3.06. The van der Waals surface area contributed by atoms with E-state index in [9.17, 15) is 0 Å². The van der Waals surface area contributed by atoms with Crippen LogP contribution < -0.4 is 4.74 Å². The van der Waals surface area contributed by atoms with Gasteiger partial charge in [-0.15, -0.1) is 5.10 Å². The average molecular weight is 292 g/mol. The molecule has 0 N–H and O–H groups in total. The average Bonchev–Trinajstić information content (AvgIpc) is 3.23. The molecular formula is C16H12N4O2. The third-order valence-corrected chi connectivity index (χ3v) is 3.36. The molecule has 0 radical (unpaired) electrons. The lowest BCUT2D eigenvalue weighted by Gasteiger charge is -2.03. The standard InChI is InChI=1S/C16H12N4O2/c1-21-13-6-3-2-5-11(13)15-18-16-17-9-8-12(20(16)19-15)14-7-4-10-22-14/h2-10H,1H3. The van der Waals surface area contributed by atoms with E-state index in [1.165, 1.54) is 0 Å². The Morgan fingerprint density at radius 2 is 2.00 bits per heavy atom. The van der Waals surface area contributed by atoms with E-state index in [-0.39, 0.29) is 0 Å². The monoisotopic (exact) mass is 292 g/mol. The number of ether oxygens (including phenoxy) is 1. The zero-order valence-corrected chi connectivity index (χ0v) is 11.8. The van der Waals surface area contributed by atoms with Gasteiger partial charge in [-0.05, 0) is 30.3 Å². The van der Waals surface area contributed by atoms with E-state index in [0.29, 0.717) is 17.4 Å². The Morgan fingerprint density at radius 1 is 1.09 bits per heavy atom. The van der Waals surface area contributed by atoms with Crippen LogP contribution >= 0.6 is 0 Å². The maximum Gasteiger partial charge on any atom is 0.253 e. The summed E-state index contributed by atoms with van der Waals surface area (Å²) in [7, 11) is 1.63. The number of methoxy groups -OCH3 is 1. The summed E-state index contributed by atoms with van der Waals surface area (Å²) in [4.78, 5) is 8.74. The van der Waals surface area contributed by atoms with Gasteiger partial charge in [-0.3, -0.25) is 0 Å². The molecule has 0 aliphatic rings. The van der Waals surface area contributed by atoms with Crippen LogP contribution in [0, 0.1) is 0 Å². The minimum absolute atomic E-state index is 0.509. The van der Waals surface area contributed by atoms with E-state index in [1.807, 2.05) is 42.5 Å². The molecule has 0 unspecified atom stereocenters. The van der Waals surface area contributed by atoms with E-state index in [4.69, 9.17) is 9.15 Å². The van der Waals surface area contributed by atoms with Crippen molar-refractivity contribution in [3.05, 3.63) is 54.9 Å². The molecule has 108 valence electrons. The van der Waals surface area contributed by atoms with Crippen LogP contribution in [0.4, 0.5) is 0 Å². The van der Waals surface area contributed by atoms with Gasteiger partial charge < -0.3 is 9.15 Å². The van der Waals surface area contributed by atoms with E-state index in [2.05, 4.69) is 15.1 Å². The first-order valence-corrected chi connectivity index (χ1v) is 6.76. The maximum atomic E-state index is 5.45. The number of para-hydroxylation sites is 1. The van der Waals surface area contributed by atoms with Crippen molar-refractivity contribution in [2.75, 3.05) is 7.11 Å². The third-order valence-electron chi connectivity index (χ3n) is 3.36.